The molecule has 4 heteroatoms. The summed E-state index contributed by atoms with van der Waals surface area (Å²) in [4.78, 5) is 21.1. The van der Waals surface area contributed by atoms with Crippen LogP contribution in [0.1, 0.15) is 6.42 Å². The van der Waals surface area contributed by atoms with Crippen molar-refractivity contribution >= 4 is 11.9 Å². The standard InChI is InChI=1S/C7H8O4/c1-10-7(9)4-5-2-3-6(8)11-5/h2-3,5H,4H2,1H3. The van der Waals surface area contributed by atoms with Gasteiger partial charge in [0.1, 0.15) is 6.10 Å². The van der Waals surface area contributed by atoms with Gasteiger partial charge in [0, 0.05) is 6.08 Å². The van der Waals surface area contributed by atoms with Crippen LogP contribution in [0.15, 0.2) is 12.2 Å². The Labute approximate surface area is 63.8 Å². The summed E-state index contributed by atoms with van der Waals surface area (Å²) < 4.78 is 9.07. The second-order valence-electron chi connectivity index (χ2n) is 2.11. The molecule has 4 nitrogen and oxygen atoms in total. The van der Waals surface area contributed by atoms with Crippen LogP contribution in [0, 0.1) is 0 Å². The van der Waals surface area contributed by atoms with E-state index < -0.39 is 12.1 Å². The summed E-state index contributed by atoms with van der Waals surface area (Å²) >= 11 is 0. The molecule has 0 aromatic rings. The van der Waals surface area contributed by atoms with Crippen LogP contribution in [0.2, 0.25) is 0 Å². The van der Waals surface area contributed by atoms with Gasteiger partial charge in [0.2, 0.25) is 0 Å². The summed E-state index contributed by atoms with van der Waals surface area (Å²) in [5.74, 6) is -0.784. The fourth-order valence-corrected chi connectivity index (χ4v) is 0.771. The molecule has 0 bridgehead atoms. The van der Waals surface area contributed by atoms with Crippen molar-refractivity contribution in [3.05, 3.63) is 12.2 Å². The molecule has 0 aromatic carbocycles. The maximum atomic E-state index is 10.6. The first-order valence-corrected chi connectivity index (χ1v) is 3.18. The Morgan fingerprint density at radius 2 is 2.55 bits per heavy atom. The van der Waals surface area contributed by atoms with Crippen LogP contribution in [0.25, 0.3) is 0 Å². The summed E-state index contributed by atoms with van der Waals surface area (Å²) in [6, 6.07) is 0. The monoisotopic (exact) mass is 156 g/mol. The minimum absolute atomic E-state index is 0.0960. The van der Waals surface area contributed by atoms with E-state index in [1.54, 1.807) is 6.08 Å². The molecule has 0 saturated carbocycles. The fraction of sp³-hybridized carbons (Fsp3) is 0.429. The quantitative estimate of drug-likeness (QED) is 0.529. The predicted octanol–water partition coefficient (Wildman–Crippen LogP) is 0.0311. The van der Waals surface area contributed by atoms with E-state index in [9.17, 15) is 9.59 Å². The van der Waals surface area contributed by atoms with Gasteiger partial charge in [0.05, 0.1) is 13.5 Å². The van der Waals surface area contributed by atoms with Gasteiger partial charge in [-0.15, -0.1) is 0 Å². The van der Waals surface area contributed by atoms with E-state index in [4.69, 9.17) is 0 Å². The lowest BCUT2D eigenvalue weighted by Crippen LogP contribution is -2.14. The van der Waals surface area contributed by atoms with Crippen molar-refractivity contribution in [2.75, 3.05) is 7.11 Å². The second kappa shape index (κ2) is 3.18. The highest BCUT2D eigenvalue weighted by molar-refractivity contribution is 5.85. The number of rotatable bonds is 2. The number of carbonyl (C=O) groups excluding carboxylic acids is 2. The lowest BCUT2D eigenvalue weighted by molar-refractivity contribution is -0.146. The van der Waals surface area contributed by atoms with Crippen LogP contribution in [-0.4, -0.2) is 25.2 Å². The molecule has 1 unspecified atom stereocenters. The summed E-state index contributed by atoms with van der Waals surface area (Å²) in [6.07, 6.45) is 2.50. The number of hydrogen-bond donors (Lipinski definition) is 0. The molecule has 0 N–H and O–H groups in total. The molecular weight excluding hydrogens is 148 g/mol. The lowest BCUT2D eigenvalue weighted by Gasteiger charge is -2.05. The summed E-state index contributed by atoms with van der Waals surface area (Å²) in [7, 11) is 1.29. The van der Waals surface area contributed by atoms with E-state index >= 15 is 0 Å². The van der Waals surface area contributed by atoms with E-state index in [1.165, 1.54) is 13.2 Å². The molecule has 0 aromatic heterocycles. The first-order chi connectivity index (χ1) is 5.22. The van der Waals surface area contributed by atoms with E-state index in [1.807, 2.05) is 0 Å². The molecule has 1 atom stereocenters. The van der Waals surface area contributed by atoms with Gasteiger partial charge in [0.15, 0.2) is 0 Å². The van der Waals surface area contributed by atoms with Crippen molar-refractivity contribution in [3.8, 4) is 0 Å². The lowest BCUT2D eigenvalue weighted by atomic mass is 10.2. The number of carbonyl (C=O) groups is 2. The van der Waals surface area contributed by atoms with Crippen LogP contribution >= 0.6 is 0 Å². The Bertz CT molecular complexity index is 206. The average Bonchev–Trinajstić information content (AvgIpc) is 2.35. The minimum atomic E-state index is -0.435. The Kier molecular flexibility index (Phi) is 2.25. The zero-order valence-electron chi connectivity index (χ0n) is 6.07. The van der Waals surface area contributed by atoms with Gasteiger partial charge in [-0.05, 0) is 6.08 Å². The molecule has 0 spiro atoms. The molecule has 0 aliphatic carbocycles. The number of hydrogen-bond acceptors (Lipinski definition) is 4. The minimum Gasteiger partial charge on any atom is -0.469 e. The zero-order valence-corrected chi connectivity index (χ0v) is 6.07. The third kappa shape index (κ3) is 2.07. The highest BCUT2D eigenvalue weighted by Crippen LogP contribution is 2.08. The molecule has 1 aliphatic heterocycles. The first kappa shape index (κ1) is 7.78. The van der Waals surface area contributed by atoms with E-state index in [0.717, 1.165) is 0 Å². The van der Waals surface area contributed by atoms with Gasteiger partial charge in [0.25, 0.3) is 0 Å². The largest absolute Gasteiger partial charge is 0.469 e. The van der Waals surface area contributed by atoms with Crippen LogP contribution in [0.3, 0.4) is 0 Å². The normalized spacial score (nSPS) is 21.5. The van der Waals surface area contributed by atoms with E-state index in [2.05, 4.69) is 9.47 Å². The van der Waals surface area contributed by atoms with Gasteiger partial charge in [-0.2, -0.15) is 0 Å². The molecule has 0 fully saturated rings. The topological polar surface area (TPSA) is 52.6 Å². The molecule has 0 saturated heterocycles. The number of ether oxygens (including phenoxy) is 2. The van der Waals surface area contributed by atoms with E-state index in [-0.39, 0.29) is 12.4 Å². The third-order valence-corrected chi connectivity index (χ3v) is 1.31. The molecular formula is C7H8O4. The number of esters is 2. The zero-order chi connectivity index (χ0) is 8.27. The summed E-state index contributed by atoms with van der Waals surface area (Å²) in [5, 5.41) is 0. The highest BCUT2D eigenvalue weighted by Gasteiger charge is 2.19. The van der Waals surface area contributed by atoms with Crippen molar-refractivity contribution in [2.45, 2.75) is 12.5 Å². The molecule has 1 rings (SSSR count). The van der Waals surface area contributed by atoms with Crippen molar-refractivity contribution in [1.29, 1.82) is 0 Å². The average molecular weight is 156 g/mol. The Balaban J connectivity index is 2.35. The maximum absolute atomic E-state index is 10.6. The SMILES string of the molecule is COC(=O)CC1C=CC(=O)O1. The van der Waals surface area contributed by atoms with Gasteiger partial charge < -0.3 is 9.47 Å². The first-order valence-electron chi connectivity index (χ1n) is 3.18. The van der Waals surface area contributed by atoms with Crippen LogP contribution < -0.4 is 0 Å². The van der Waals surface area contributed by atoms with Gasteiger partial charge in [-0.3, -0.25) is 4.79 Å². The Hall–Kier alpha value is -1.32. The van der Waals surface area contributed by atoms with Crippen molar-refractivity contribution in [2.24, 2.45) is 0 Å². The van der Waals surface area contributed by atoms with Gasteiger partial charge >= 0.3 is 11.9 Å². The maximum Gasteiger partial charge on any atom is 0.331 e. The second-order valence-corrected chi connectivity index (χ2v) is 2.11. The molecule has 0 amide bonds. The van der Waals surface area contributed by atoms with Crippen molar-refractivity contribution in [3.63, 3.8) is 0 Å². The van der Waals surface area contributed by atoms with Crippen molar-refractivity contribution < 1.29 is 19.1 Å². The third-order valence-electron chi connectivity index (χ3n) is 1.31. The Morgan fingerprint density at radius 3 is 3.00 bits per heavy atom. The Morgan fingerprint density at radius 1 is 1.82 bits per heavy atom. The van der Waals surface area contributed by atoms with E-state index in [0.29, 0.717) is 0 Å². The highest BCUT2D eigenvalue weighted by atomic mass is 16.6. The van der Waals surface area contributed by atoms with Crippen LogP contribution in [0.4, 0.5) is 0 Å². The predicted molar refractivity (Wildman–Crippen MR) is 35.7 cm³/mol. The molecule has 1 aliphatic rings. The molecule has 60 valence electrons. The smallest absolute Gasteiger partial charge is 0.331 e. The number of cyclic esters (lactones) is 1. The summed E-state index contributed by atoms with van der Waals surface area (Å²) in [5.41, 5.74) is 0. The molecule has 11 heavy (non-hydrogen) atoms. The number of methoxy groups -OCH3 is 1. The molecule has 0 radical (unpaired) electrons. The summed E-state index contributed by atoms with van der Waals surface area (Å²) in [6.45, 7) is 0. The molecule has 1 heterocycles. The fourth-order valence-electron chi connectivity index (χ4n) is 0.771. The van der Waals surface area contributed by atoms with Crippen LogP contribution in [-0.2, 0) is 19.1 Å². The van der Waals surface area contributed by atoms with Gasteiger partial charge in [-0.1, -0.05) is 0 Å². The van der Waals surface area contributed by atoms with Crippen molar-refractivity contribution in [1.82, 2.24) is 0 Å². The van der Waals surface area contributed by atoms with Gasteiger partial charge in [-0.25, -0.2) is 4.79 Å². The van der Waals surface area contributed by atoms with Crippen LogP contribution in [0.5, 0.6) is 0 Å².